The normalized spacial score (nSPS) is 12.1. The predicted octanol–water partition coefficient (Wildman–Crippen LogP) is 3.49. The lowest BCUT2D eigenvalue weighted by Gasteiger charge is -2.10. The molecule has 0 aliphatic carbocycles. The summed E-state index contributed by atoms with van der Waals surface area (Å²) in [7, 11) is 0. The molecule has 0 amide bonds. The van der Waals surface area contributed by atoms with Gasteiger partial charge in [0, 0.05) is 12.1 Å². The molecule has 2 nitrogen and oxygen atoms in total. The zero-order valence-corrected chi connectivity index (χ0v) is 10.2. The fraction of sp³-hybridized carbons (Fsp3) is 0.500. The van der Waals surface area contributed by atoms with Gasteiger partial charge in [-0.3, -0.25) is 4.79 Å². The molecule has 1 atom stereocenters. The summed E-state index contributed by atoms with van der Waals surface area (Å²) in [6.45, 7) is 4.74. The van der Waals surface area contributed by atoms with Crippen molar-refractivity contribution >= 4 is 11.5 Å². The molecule has 0 aliphatic rings. The highest BCUT2D eigenvalue weighted by Gasteiger charge is 2.07. The molecule has 0 fully saturated rings. The zero-order valence-electron chi connectivity index (χ0n) is 10.2. The Kier molecular flexibility index (Phi) is 5.62. The molecule has 16 heavy (non-hydrogen) atoms. The van der Waals surface area contributed by atoms with E-state index in [2.05, 4.69) is 19.2 Å². The molecule has 0 saturated heterocycles. The second kappa shape index (κ2) is 7.04. The summed E-state index contributed by atoms with van der Waals surface area (Å²) in [6, 6.07) is 9.85. The fourth-order valence-electron chi connectivity index (χ4n) is 1.81. The van der Waals surface area contributed by atoms with Crippen molar-refractivity contribution in [3.05, 3.63) is 30.3 Å². The molecule has 1 rings (SSSR count). The second-order valence-corrected chi connectivity index (χ2v) is 4.36. The van der Waals surface area contributed by atoms with E-state index in [-0.39, 0.29) is 0 Å². The van der Waals surface area contributed by atoms with Crippen molar-refractivity contribution < 1.29 is 4.79 Å². The number of hydrogen-bond acceptors (Lipinski definition) is 2. The van der Waals surface area contributed by atoms with Crippen LogP contribution < -0.4 is 5.32 Å². The van der Waals surface area contributed by atoms with Crippen LogP contribution in [0.5, 0.6) is 0 Å². The van der Waals surface area contributed by atoms with Gasteiger partial charge < -0.3 is 5.32 Å². The van der Waals surface area contributed by atoms with Gasteiger partial charge in [0.05, 0.1) is 6.54 Å². The lowest BCUT2D eigenvalue weighted by atomic mass is 10.00. The van der Waals surface area contributed by atoms with E-state index in [9.17, 15) is 4.79 Å². The van der Waals surface area contributed by atoms with Crippen molar-refractivity contribution in [3.8, 4) is 0 Å². The molecule has 0 radical (unpaired) electrons. The number of ketones is 1. The Balaban J connectivity index is 2.25. The number of rotatable bonds is 7. The van der Waals surface area contributed by atoms with Crippen molar-refractivity contribution in [2.24, 2.45) is 5.92 Å². The van der Waals surface area contributed by atoms with Crippen LogP contribution in [0.1, 0.15) is 33.1 Å². The van der Waals surface area contributed by atoms with E-state index in [1.54, 1.807) is 0 Å². The average Bonchev–Trinajstić information content (AvgIpc) is 2.28. The molecule has 1 aromatic carbocycles. The van der Waals surface area contributed by atoms with Gasteiger partial charge in [-0.15, -0.1) is 0 Å². The minimum Gasteiger partial charge on any atom is -0.378 e. The number of Topliss-reactive ketones (excluding diaryl/α,β-unsaturated/α-hetero) is 1. The Hall–Kier alpha value is -1.31. The van der Waals surface area contributed by atoms with Crippen molar-refractivity contribution in [2.75, 3.05) is 11.9 Å². The SMILES string of the molecule is CCCC(C)CC(=O)CNc1ccccc1. The Labute approximate surface area is 98.1 Å². The molecule has 0 spiro atoms. The first kappa shape index (κ1) is 12.8. The van der Waals surface area contributed by atoms with Crippen LogP contribution in [0.3, 0.4) is 0 Å². The smallest absolute Gasteiger partial charge is 0.152 e. The predicted molar refractivity (Wildman–Crippen MR) is 68.6 cm³/mol. The number of carbonyl (C=O) groups is 1. The summed E-state index contributed by atoms with van der Waals surface area (Å²) in [5, 5.41) is 3.14. The Morgan fingerprint density at radius 1 is 1.31 bits per heavy atom. The van der Waals surface area contributed by atoms with Gasteiger partial charge in [0.15, 0.2) is 5.78 Å². The summed E-state index contributed by atoms with van der Waals surface area (Å²) in [5.41, 5.74) is 1.01. The van der Waals surface area contributed by atoms with Crippen LogP contribution in [0.15, 0.2) is 30.3 Å². The van der Waals surface area contributed by atoms with Crippen molar-refractivity contribution in [1.29, 1.82) is 0 Å². The van der Waals surface area contributed by atoms with Crippen LogP contribution >= 0.6 is 0 Å². The van der Waals surface area contributed by atoms with Crippen LogP contribution in [-0.2, 0) is 4.79 Å². The van der Waals surface area contributed by atoms with E-state index >= 15 is 0 Å². The lowest BCUT2D eigenvalue weighted by molar-refractivity contribution is -0.118. The van der Waals surface area contributed by atoms with Crippen LogP contribution in [0.25, 0.3) is 0 Å². The topological polar surface area (TPSA) is 29.1 Å². The van der Waals surface area contributed by atoms with Gasteiger partial charge in [-0.05, 0) is 18.1 Å². The first-order valence-electron chi connectivity index (χ1n) is 6.03. The van der Waals surface area contributed by atoms with Gasteiger partial charge in [-0.2, -0.15) is 0 Å². The van der Waals surface area contributed by atoms with Crippen LogP contribution in [0.4, 0.5) is 5.69 Å². The third-order valence-corrected chi connectivity index (χ3v) is 2.62. The van der Waals surface area contributed by atoms with Gasteiger partial charge in [0.2, 0.25) is 0 Å². The first-order chi connectivity index (χ1) is 7.72. The summed E-state index contributed by atoms with van der Waals surface area (Å²) in [5.74, 6) is 0.805. The number of hydrogen-bond donors (Lipinski definition) is 1. The Morgan fingerprint density at radius 2 is 2.00 bits per heavy atom. The molecule has 2 heteroatoms. The maximum absolute atomic E-state index is 11.6. The molecule has 0 bridgehead atoms. The molecular weight excluding hydrogens is 198 g/mol. The highest BCUT2D eigenvalue weighted by atomic mass is 16.1. The van der Waals surface area contributed by atoms with Crippen LogP contribution in [0, 0.1) is 5.92 Å². The number of nitrogens with one attached hydrogen (secondary N) is 1. The molecule has 0 heterocycles. The summed E-state index contributed by atoms with van der Waals surface area (Å²) in [6.07, 6.45) is 2.98. The number of carbonyl (C=O) groups excluding carboxylic acids is 1. The van der Waals surface area contributed by atoms with E-state index in [1.165, 1.54) is 0 Å². The highest BCUT2D eigenvalue weighted by Crippen LogP contribution is 2.11. The highest BCUT2D eigenvalue weighted by molar-refractivity contribution is 5.83. The largest absolute Gasteiger partial charge is 0.378 e. The molecule has 0 aliphatic heterocycles. The zero-order chi connectivity index (χ0) is 11.8. The number of benzene rings is 1. The first-order valence-corrected chi connectivity index (χ1v) is 6.03. The molecule has 1 aromatic rings. The molecule has 88 valence electrons. The molecule has 1 unspecified atom stereocenters. The van der Waals surface area contributed by atoms with E-state index in [4.69, 9.17) is 0 Å². The van der Waals surface area contributed by atoms with Gasteiger partial charge in [-0.1, -0.05) is 44.9 Å². The average molecular weight is 219 g/mol. The molecular formula is C14H21NO. The van der Waals surface area contributed by atoms with Gasteiger partial charge >= 0.3 is 0 Å². The van der Waals surface area contributed by atoms with Crippen LogP contribution in [0.2, 0.25) is 0 Å². The van der Waals surface area contributed by atoms with Crippen molar-refractivity contribution in [3.63, 3.8) is 0 Å². The molecule has 1 N–H and O–H groups in total. The van der Waals surface area contributed by atoms with E-state index < -0.39 is 0 Å². The van der Waals surface area contributed by atoms with E-state index in [0.29, 0.717) is 24.7 Å². The Bertz CT molecular complexity index is 308. The monoisotopic (exact) mass is 219 g/mol. The van der Waals surface area contributed by atoms with Gasteiger partial charge in [-0.25, -0.2) is 0 Å². The third kappa shape index (κ3) is 4.96. The maximum Gasteiger partial charge on any atom is 0.152 e. The van der Waals surface area contributed by atoms with E-state index in [0.717, 1.165) is 18.5 Å². The third-order valence-electron chi connectivity index (χ3n) is 2.62. The minimum absolute atomic E-state index is 0.296. The summed E-state index contributed by atoms with van der Waals surface area (Å²) >= 11 is 0. The maximum atomic E-state index is 11.6. The Morgan fingerprint density at radius 3 is 2.62 bits per heavy atom. The number of anilines is 1. The van der Waals surface area contributed by atoms with Crippen molar-refractivity contribution in [2.45, 2.75) is 33.1 Å². The van der Waals surface area contributed by atoms with Gasteiger partial charge in [0.1, 0.15) is 0 Å². The standard InChI is InChI=1S/C14H21NO/c1-3-7-12(2)10-14(16)11-15-13-8-5-4-6-9-13/h4-6,8-9,12,15H,3,7,10-11H2,1-2H3. The summed E-state index contributed by atoms with van der Waals surface area (Å²) in [4.78, 5) is 11.6. The molecule has 0 saturated carbocycles. The van der Waals surface area contributed by atoms with E-state index in [1.807, 2.05) is 30.3 Å². The second-order valence-electron chi connectivity index (χ2n) is 4.36. The van der Waals surface area contributed by atoms with Crippen LogP contribution in [-0.4, -0.2) is 12.3 Å². The van der Waals surface area contributed by atoms with Gasteiger partial charge in [0.25, 0.3) is 0 Å². The molecule has 0 aromatic heterocycles. The minimum atomic E-state index is 0.296. The van der Waals surface area contributed by atoms with Crippen molar-refractivity contribution in [1.82, 2.24) is 0 Å². The fourth-order valence-corrected chi connectivity index (χ4v) is 1.81. The summed E-state index contributed by atoms with van der Waals surface area (Å²) < 4.78 is 0. The lowest BCUT2D eigenvalue weighted by Crippen LogP contribution is -2.16. The number of para-hydroxylation sites is 1. The quantitative estimate of drug-likeness (QED) is 0.760.